The summed E-state index contributed by atoms with van der Waals surface area (Å²) < 4.78 is 1.90. The second-order valence-corrected chi connectivity index (χ2v) is 7.13. The molecule has 3 rings (SSSR count). The maximum absolute atomic E-state index is 12.8. The van der Waals surface area contributed by atoms with E-state index >= 15 is 0 Å². The minimum absolute atomic E-state index is 0.221. The summed E-state index contributed by atoms with van der Waals surface area (Å²) >= 11 is 0. The molecule has 1 saturated carbocycles. The Morgan fingerprint density at radius 2 is 2.14 bits per heavy atom. The van der Waals surface area contributed by atoms with Crippen molar-refractivity contribution in [1.29, 1.82) is 0 Å². The standard InChI is InChI=1S/C17H28N4O/c1-13-14(11-18-20(13)3)12-21-10-6-9-17(21,2)16(22)19-15-7-4-5-8-15/h11,15H,4-10,12H2,1-3H3,(H,19,22)/t17-/m1/s1. The van der Waals surface area contributed by atoms with Crippen LogP contribution in [-0.2, 0) is 18.4 Å². The summed E-state index contributed by atoms with van der Waals surface area (Å²) in [7, 11) is 1.97. The van der Waals surface area contributed by atoms with Crippen LogP contribution in [0.15, 0.2) is 6.20 Å². The van der Waals surface area contributed by atoms with E-state index in [4.69, 9.17) is 0 Å². The molecular formula is C17H28N4O. The normalized spacial score (nSPS) is 26.7. The van der Waals surface area contributed by atoms with Crippen LogP contribution < -0.4 is 5.32 Å². The van der Waals surface area contributed by atoms with Gasteiger partial charge in [-0.1, -0.05) is 12.8 Å². The van der Waals surface area contributed by atoms with Gasteiger partial charge in [-0.05, 0) is 46.1 Å². The summed E-state index contributed by atoms with van der Waals surface area (Å²) in [5, 5.41) is 7.62. The van der Waals surface area contributed by atoms with Gasteiger partial charge in [-0.3, -0.25) is 14.4 Å². The predicted octanol–water partition coefficient (Wildman–Crippen LogP) is 2.14. The van der Waals surface area contributed by atoms with Gasteiger partial charge in [0.15, 0.2) is 0 Å². The molecule has 5 nitrogen and oxygen atoms in total. The van der Waals surface area contributed by atoms with Crippen LogP contribution in [0.1, 0.15) is 56.7 Å². The molecule has 0 aromatic carbocycles. The van der Waals surface area contributed by atoms with Crippen LogP contribution in [0.5, 0.6) is 0 Å². The number of nitrogens with one attached hydrogen (secondary N) is 1. The molecule has 0 bridgehead atoms. The van der Waals surface area contributed by atoms with E-state index in [0.29, 0.717) is 6.04 Å². The van der Waals surface area contributed by atoms with Crippen molar-refractivity contribution in [3.8, 4) is 0 Å². The number of rotatable bonds is 4. The maximum atomic E-state index is 12.8. The number of likely N-dealkylation sites (tertiary alicyclic amines) is 1. The van der Waals surface area contributed by atoms with E-state index in [2.05, 4.69) is 29.2 Å². The minimum Gasteiger partial charge on any atom is -0.352 e. The van der Waals surface area contributed by atoms with E-state index in [1.54, 1.807) is 0 Å². The van der Waals surface area contributed by atoms with Crippen LogP contribution in [0, 0.1) is 6.92 Å². The second-order valence-electron chi connectivity index (χ2n) is 7.13. The first-order valence-electron chi connectivity index (χ1n) is 8.54. The first-order valence-corrected chi connectivity index (χ1v) is 8.54. The topological polar surface area (TPSA) is 50.2 Å². The van der Waals surface area contributed by atoms with Crippen molar-refractivity contribution in [2.24, 2.45) is 7.05 Å². The number of amides is 1. The first kappa shape index (κ1) is 15.5. The van der Waals surface area contributed by atoms with Crippen LogP contribution in [0.3, 0.4) is 0 Å². The highest BCUT2D eigenvalue weighted by molar-refractivity contribution is 5.86. The average molecular weight is 304 g/mol. The lowest BCUT2D eigenvalue weighted by molar-refractivity contribution is -0.132. The quantitative estimate of drug-likeness (QED) is 0.927. The zero-order valence-corrected chi connectivity index (χ0v) is 14.1. The van der Waals surface area contributed by atoms with Gasteiger partial charge in [0.05, 0.1) is 11.7 Å². The van der Waals surface area contributed by atoms with Gasteiger partial charge in [0.1, 0.15) is 0 Å². The fraction of sp³-hybridized carbons (Fsp3) is 0.765. The Labute approximate surface area is 133 Å². The fourth-order valence-corrected chi connectivity index (χ4v) is 3.85. The highest BCUT2D eigenvalue weighted by Crippen LogP contribution is 2.32. The third-order valence-electron chi connectivity index (χ3n) is 5.67. The molecule has 0 spiro atoms. The molecule has 2 aliphatic rings. The smallest absolute Gasteiger partial charge is 0.240 e. The van der Waals surface area contributed by atoms with Crippen molar-refractivity contribution in [2.45, 2.75) is 70.5 Å². The number of nitrogens with zero attached hydrogens (tertiary/aromatic N) is 3. The summed E-state index contributed by atoms with van der Waals surface area (Å²) in [6, 6.07) is 0.395. The molecule has 2 fully saturated rings. The van der Waals surface area contributed by atoms with E-state index in [0.717, 1.165) is 38.8 Å². The third-order valence-corrected chi connectivity index (χ3v) is 5.67. The van der Waals surface area contributed by atoms with Gasteiger partial charge in [0.2, 0.25) is 5.91 Å². The van der Waals surface area contributed by atoms with Crippen molar-refractivity contribution < 1.29 is 4.79 Å². The van der Waals surface area contributed by atoms with E-state index in [9.17, 15) is 4.79 Å². The Morgan fingerprint density at radius 3 is 2.77 bits per heavy atom. The Kier molecular flexibility index (Phi) is 4.26. The average Bonchev–Trinajstić information content (AvgIpc) is 3.19. The number of aryl methyl sites for hydroxylation is 1. The Balaban J connectivity index is 1.70. The summed E-state index contributed by atoms with van der Waals surface area (Å²) in [5.74, 6) is 0.221. The maximum Gasteiger partial charge on any atom is 0.240 e. The fourth-order valence-electron chi connectivity index (χ4n) is 3.85. The number of carbonyl (C=O) groups excluding carboxylic acids is 1. The lowest BCUT2D eigenvalue weighted by Gasteiger charge is -2.34. The van der Waals surface area contributed by atoms with Crippen molar-refractivity contribution in [1.82, 2.24) is 20.0 Å². The molecule has 1 aromatic heterocycles. The zero-order chi connectivity index (χ0) is 15.7. The Hall–Kier alpha value is -1.36. The molecule has 1 N–H and O–H groups in total. The van der Waals surface area contributed by atoms with Crippen LogP contribution in [0.4, 0.5) is 0 Å². The monoisotopic (exact) mass is 304 g/mol. The molecule has 1 aliphatic carbocycles. The van der Waals surface area contributed by atoms with Crippen LogP contribution in [-0.4, -0.2) is 38.7 Å². The van der Waals surface area contributed by atoms with E-state index in [1.165, 1.54) is 24.1 Å². The van der Waals surface area contributed by atoms with Gasteiger partial charge in [0.25, 0.3) is 0 Å². The lowest BCUT2D eigenvalue weighted by Crippen LogP contribution is -2.54. The highest BCUT2D eigenvalue weighted by Gasteiger charge is 2.43. The molecule has 1 atom stereocenters. The summed E-state index contributed by atoms with van der Waals surface area (Å²) in [6.07, 6.45) is 8.76. The van der Waals surface area contributed by atoms with Crippen LogP contribution in [0.2, 0.25) is 0 Å². The molecule has 1 aliphatic heterocycles. The lowest BCUT2D eigenvalue weighted by atomic mass is 9.96. The minimum atomic E-state index is -0.370. The van der Waals surface area contributed by atoms with Crippen molar-refractivity contribution in [3.63, 3.8) is 0 Å². The molecule has 122 valence electrons. The SMILES string of the molecule is Cc1c(CN2CCC[C@]2(C)C(=O)NC2CCCC2)cnn1C. The van der Waals surface area contributed by atoms with Gasteiger partial charge in [-0.25, -0.2) is 0 Å². The zero-order valence-electron chi connectivity index (χ0n) is 14.1. The Morgan fingerprint density at radius 1 is 1.41 bits per heavy atom. The number of hydrogen-bond acceptors (Lipinski definition) is 3. The molecule has 1 aromatic rings. The summed E-state index contributed by atoms with van der Waals surface area (Å²) in [4.78, 5) is 15.2. The molecule has 22 heavy (non-hydrogen) atoms. The molecule has 0 unspecified atom stereocenters. The number of aromatic nitrogens is 2. The number of hydrogen-bond donors (Lipinski definition) is 1. The van der Waals surface area contributed by atoms with E-state index in [-0.39, 0.29) is 11.4 Å². The largest absolute Gasteiger partial charge is 0.352 e. The van der Waals surface area contributed by atoms with Gasteiger partial charge in [0, 0.05) is 30.9 Å². The molecule has 1 amide bonds. The van der Waals surface area contributed by atoms with E-state index in [1.807, 2.05) is 17.9 Å². The van der Waals surface area contributed by atoms with Crippen molar-refractivity contribution in [2.75, 3.05) is 6.54 Å². The number of carbonyl (C=O) groups is 1. The van der Waals surface area contributed by atoms with Gasteiger partial charge >= 0.3 is 0 Å². The van der Waals surface area contributed by atoms with E-state index < -0.39 is 0 Å². The van der Waals surface area contributed by atoms with Crippen molar-refractivity contribution in [3.05, 3.63) is 17.5 Å². The van der Waals surface area contributed by atoms with Crippen LogP contribution >= 0.6 is 0 Å². The molecule has 5 heteroatoms. The molecule has 1 saturated heterocycles. The van der Waals surface area contributed by atoms with Gasteiger partial charge < -0.3 is 5.32 Å². The van der Waals surface area contributed by atoms with Gasteiger partial charge in [-0.15, -0.1) is 0 Å². The second kappa shape index (κ2) is 6.03. The molecule has 0 radical (unpaired) electrons. The summed E-state index contributed by atoms with van der Waals surface area (Å²) in [6.45, 7) is 6.00. The molecular weight excluding hydrogens is 276 g/mol. The van der Waals surface area contributed by atoms with Crippen LogP contribution in [0.25, 0.3) is 0 Å². The van der Waals surface area contributed by atoms with Crippen molar-refractivity contribution >= 4 is 5.91 Å². The third kappa shape index (κ3) is 2.78. The Bertz CT molecular complexity index is 547. The first-order chi connectivity index (χ1) is 10.5. The molecule has 2 heterocycles. The summed E-state index contributed by atoms with van der Waals surface area (Å²) in [5.41, 5.74) is 2.04. The predicted molar refractivity (Wildman–Crippen MR) is 86.4 cm³/mol. The highest BCUT2D eigenvalue weighted by atomic mass is 16.2. The van der Waals surface area contributed by atoms with Gasteiger partial charge in [-0.2, -0.15) is 5.10 Å².